The minimum absolute atomic E-state index is 0.251. The van der Waals surface area contributed by atoms with E-state index in [1.807, 2.05) is 6.07 Å². The first-order valence-electron chi connectivity index (χ1n) is 10.2. The minimum Gasteiger partial charge on any atom is -0.347 e. The second kappa shape index (κ2) is 7.58. The normalized spacial score (nSPS) is 24.7. The van der Waals surface area contributed by atoms with Crippen molar-refractivity contribution >= 4 is 75.6 Å². The molecule has 3 aromatic rings. The Bertz CT molecular complexity index is 1410. The van der Waals surface area contributed by atoms with Gasteiger partial charge in [0.25, 0.3) is 5.91 Å². The smallest absolute Gasteiger partial charge is 0.267 e. The third-order valence-electron chi connectivity index (χ3n) is 6.20. The first kappa shape index (κ1) is 21.7. The molecule has 0 radical (unpaired) electrons. The summed E-state index contributed by atoms with van der Waals surface area (Å²) in [5, 5.41) is 7.56. The molecular formula is C23H13Cl4N5O2. The molecule has 34 heavy (non-hydrogen) atoms. The van der Waals surface area contributed by atoms with Gasteiger partial charge in [0.1, 0.15) is 5.92 Å². The number of carbonyl (C=O) groups excluding carboxylic acids is 2. The molecule has 4 heterocycles. The summed E-state index contributed by atoms with van der Waals surface area (Å²) >= 11 is 25.2. The molecule has 2 aromatic carbocycles. The number of nitrogens with one attached hydrogen (secondary N) is 2. The number of amides is 2. The number of carbonyl (C=O) groups is 2. The number of nitrogens with zero attached hydrogens (tertiary/aromatic N) is 3. The van der Waals surface area contributed by atoms with Crippen molar-refractivity contribution in [1.29, 1.82) is 0 Å². The average Bonchev–Trinajstić information content (AvgIpc) is 3.01. The molecular weight excluding hydrogens is 520 g/mol. The number of guanidine groups is 1. The van der Waals surface area contributed by atoms with Crippen LogP contribution < -0.4 is 15.5 Å². The van der Waals surface area contributed by atoms with Gasteiger partial charge in [0.2, 0.25) is 5.91 Å². The number of pyridine rings is 1. The topological polar surface area (TPSA) is 86.7 Å². The molecule has 1 fully saturated rings. The number of hydrogen-bond acceptors (Lipinski definition) is 6. The van der Waals surface area contributed by atoms with Crippen LogP contribution >= 0.6 is 46.4 Å². The molecule has 1 saturated heterocycles. The molecule has 7 nitrogen and oxygen atoms in total. The quantitative estimate of drug-likeness (QED) is 0.443. The maximum atomic E-state index is 14.2. The van der Waals surface area contributed by atoms with Crippen LogP contribution in [0.25, 0.3) is 0 Å². The fraction of sp³-hybridized carbons (Fsp3) is 0.130. The summed E-state index contributed by atoms with van der Waals surface area (Å²) in [5.41, 5.74) is 0.0788. The van der Waals surface area contributed by atoms with Crippen molar-refractivity contribution in [1.82, 2.24) is 10.3 Å². The van der Waals surface area contributed by atoms with Crippen LogP contribution in [0.5, 0.6) is 0 Å². The second-order valence-electron chi connectivity index (χ2n) is 8.12. The van der Waals surface area contributed by atoms with Crippen molar-refractivity contribution in [2.75, 3.05) is 10.2 Å². The van der Waals surface area contributed by atoms with E-state index in [0.29, 0.717) is 32.9 Å². The largest absolute Gasteiger partial charge is 0.347 e. The monoisotopic (exact) mass is 531 g/mol. The minimum atomic E-state index is -1.62. The lowest BCUT2D eigenvalue weighted by Gasteiger charge is -2.43. The van der Waals surface area contributed by atoms with Crippen LogP contribution in [0, 0.1) is 5.92 Å². The van der Waals surface area contributed by atoms with E-state index in [1.54, 1.807) is 30.5 Å². The first-order valence-corrected chi connectivity index (χ1v) is 11.7. The van der Waals surface area contributed by atoms with Gasteiger partial charge < -0.3 is 10.6 Å². The molecule has 1 spiro atoms. The lowest BCUT2D eigenvalue weighted by molar-refractivity contribution is -0.123. The Kier molecular flexibility index (Phi) is 4.83. The summed E-state index contributed by atoms with van der Waals surface area (Å²) in [6.45, 7) is 0. The zero-order valence-electron chi connectivity index (χ0n) is 17.0. The van der Waals surface area contributed by atoms with Crippen molar-refractivity contribution in [3.63, 3.8) is 0 Å². The summed E-state index contributed by atoms with van der Waals surface area (Å²) in [5.74, 6) is -1.71. The fourth-order valence-corrected chi connectivity index (χ4v) is 5.96. The van der Waals surface area contributed by atoms with E-state index >= 15 is 0 Å². The van der Waals surface area contributed by atoms with Gasteiger partial charge in [-0.1, -0.05) is 52.5 Å². The number of imide groups is 1. The number of rotatable bonds is 2. The summed E-state index contributed by atoms with van der Waals surface area (Å²) < 4.78 is 0. The SMILES string of the molecule is O=C1C2C(c3ccccn3)NC3=NC2(C(=O)N1c1cc(Cl)cc(Cl)c1)c1cc(Cl)cc(Cl)c1N3. The van der Waals surface area contributed by atoms with Crippen LogP contribution in [0.1, 0.15) is 17.3 Å². The fourth-order valence-electron chi connectivity index (χ4n) is 4.91. The molecule has 2 amide bonds. The van der Waals surface area contributed by atoms with E-state index < -0.39 is 29.3 Å². The molecule has 11 heteroatoms. The number of halogens is 4. The van der Waals surface area contributed by atoms with Crippen molar-refractivity contribution in [3.05, 3.63) is 86.1 Å². The molecule has 3 unspecified atom stereocenters. The Hall–Kier alpha value is -2.84. The maximum Gasteiger partial charge on any atom is 0.267 e. The number of fused-ring (bicyclic) bond motifs is 1. The Morgan fingerprint density at radius 2 is 1.68 bits per heavy atom. The number of anilines is 2. The van der Waals surface area contributed by atoms with E-state index in [9.17, 15) is 9.59 Å². The third-order valence-corrected chi connectivity index (χ3v) is 7.15. The van der Waals surface area contributed by atoms with Crippen LogP contribution in [0.3, 0.4) is 0 Å². The van der Waals surface area contributed by atoms with E-state index in [1.165, 1.54) is 18.2 Å². The van der Waals surface area contributed by atoms with Crippen LogP contribution in [0.15, 0.2) is 59.7 Å². The molecule has 1 aromatic heterocycles. The zero-order valence-corrected chi connectivity index (χ0v) is 20.0. The van der Waals surface area contributed by atoms with Crippen molar-refractivity contribution in [3.8, 4) is 0 Å². The highest BCUT2D eigenvalue weighted by atomic mass is 35.5. The second-order valence-corrected chi connectivity index (χ2v) is 9.84. The number of aromatic nitrogens is 1. The van der Waals surface area contributed by atoms with Gasteiger partial charge in [0.15, 0.2) is 11.5 Å². The van der Waals surface area contributed by atoms with Crippen LogP contribution in [0.2, 0.25) is 20.1 Å². The van der Waals surface area contributed by atoms with Gasteiger partial charge in [-0.15, -0.1) is 0 Å². The van der Waals surface area contributed by atoms with Gasteiger partial charge in [-0.05, 0) is 42.5 Å². The lowest BCUT2D eigenvalue weighted by Crippen LogP contribution is -2.56. The number of benzene rings is 2. The van der Waals surface area contributed by atoms with Gasteiger partial charge in [-0.2, -0.15) is 0 Å². The van der Waals surface area contributed by atoms with E-state index in [-0.39, 0.29) is 15.7 Å². The summed E-state index contributed by atoms with van der Waals surface area (Å²) in [6, 6.07) is 12.4. The molecule has 6 rings (SSSR count). The molecule has 0 saturated carbocycles. The first-order chi connectivity index (χ1) is 16.3. The number of hydrogen-bond donors (Lipinski definition) is 2. The van der Waals surface area contributed by atoms with Gasteiger partial charge in [0, 0.05) is 26.8 Å². The highest BCUT2D eigenvalue weighted by Gasteiger charge is 2.68. The molecule has 170 valence electrons. The zero-order chi connectivity index (χ0) is 23.8. The summed E-state index contributed by atoms with van der Waals surface area (Å²) in [4.78, 5) is 38.5. The Balaban J connectivity index is 1.64. The van der Waals surface area contributed by atoms with Crippen LogP contribution in [-0.2, 0) is 15.1 Å². The molecule has 3 aliphatic heterocycles. The van der Waals surface area contributed by atoms with Crippen LogP contribution in [0.4, 0.5) is 11.4 Å². The Morgan fingerprint density at radius 1 is 0.941 bits per heavy atom. The molecule has 3 aliphatic rings. The third kappa shape index (κ3) is 2.98. The highest BCUT2D eigenvalue weighted by Crippen LogP contribution is 2.56. The number of aliphatic imine (C=N–C) groups is 1. The van der Waals surface area contributed by atoms with Gasteiger partial charge in [0.05, 0.1) is 28.1 Å². The Labute approximate surface area is 213 Å². The molecule has 3 atom stereocenters. The summed E-state index contributed by atoms with van der Waals surface area (Å²) in [6.07, 6.45) is 1.63. The van der Waals surface area contributed by atoms with E-state index in [2.05, 4.69) is 15.6 Å². The predicted octanol–water partition coefficient (Wildman–Crippen LogP) is 5.21. The van der Waals surface area contributed by atoms with Crippen molar-refractivity contribution < 1.29 is 9.59 Å². The molecule has 2 N–H and O–H groups in total. The Morgan fingerprint density at radius 3 is 2.38 bits per heavy atom. The molecule has 0 aliphatic carbocycles. The van der Waals surface area contributed by atoms with Gasteiger partial charge in [-0.25, -0.2) is 9.89 Å². The highest BCUT2D eigenvalue weighted by molar-refractivity contribution is 6.39. The average molecular weight is 533 g/mol. The van der Waals surface area contributed by atoms with Crippen molar-refractivity contribution in [2.24, 2.45) is 10.9 Å². The van der Waals surface area contributed by atoms with Gasteiger partial charge >= 0.3 is 0 Å². The maximum absolute atomic E-state index is 14.2. The molecule has 2 bridgehead atoms. The standard InChI is InChI=1S/C23H13Cl4N5O2/c24-10-5-11(25)7-13(6-10)32-20(33)17-19(16-3-1-2-4-28-16)30-22-29-18-14(8-12(26)9-15(18)27)23(17,31-22)21(32)34/h1-9,17,19H,(H2,29,30,31). The van der Waals surface area contributed by atoms with Gasteiger partial charge in [-0.3, -0.25) is 14.6 Å². The van der Waals surface area contributed by atoms with E-state index in [0.717, 1.165) is 4.90 Å². The van der Waals surface area contributed by atoms with E-state index in [4.69, 9.17) is 51.4 Å². The summed E-state index contributed by atoms with van der Waals surface area (Å²) in [7, 11) is 0. The lowest BCUT2D eigenvalue weighted by atomic mass is 9.72. The van der Waals surface area contributed by atoms with Crippen molar-refractivity contribution in [2.45, 2.75) is 11.6 Å². The predicted molar refractivity (Wildman–Crippen MR) is 132 cm³/mol. The van der Waals surface area contributed by atoms with Crippen LogP contribution in [-0.4, -0.2) is 22.8 Å².